The first kappa shape index (κ1) is 17.9. The van der Waals surface area contributed by atoms with Crippen LogP contribution in [0.2, 0.25) is 0 Å². The molecule has 0 aliphatic heterocycles. The molecule has 142 valence electrons. The van der Waals surface area contributed by atoms with Gasteiger partial charge in [0.25, 0.3) is 5.91 Å². The maximum absolute atomic E-state index is 12.7. The molecule has 11 heteroatoms. The number of aromatic nitrogens is 4. The zero-order valence-electron chi connectivity index (χ0n) is 13.8. The lowest BCUT2D eigenvalue weighted by Gasteiger charge is -2.12. The number of carbonyl (C=O) groups is 1. The smallest absolute Gasteiger partial charge is 0.405 e. The van der Waals surface area contributed by atoms with E-state index in [0.29, 0.717) is 5.13 Å². The van der Waals surface area contributed by atoms with Gasteiger partial charge < -0.3 is 4.74 Å². The molecule has 0 aliphatic carbocycles. The lowest BCUT2D eigenvalue weighted by Crippen LogP contribution is -2.17. The SMILES string of the molecule is O=C(Nc1nccs1)c1cnn2ccc(-c3ccccc3OC(F)(F)F)nc12. The Morgan fingerprint density at radius 1 is 1.21 bits per heavy atom. The Kier molecular flexibility index (Phi) is 4.43. The molecule has 4 aromatic rings. The Bertz CT molecular complexity index is 1140. The van der Waals surface area contributed by atoms with E-state index in [2.05, 4.69) is 25.1 Å². The van der Waals surface area contributed by atoms with Gasteiger partial charge in [0.15, 0.2) is 10.8 Å². The van der Waals surface area contributed by atoms with Gasteiger partial charge in [-0.1, -0.05) is 12.1 Å². The summed E-state index contributed by atoms with van der Waals surface area (Å²) in [5.74, 6) is -0.866. The third-order valence-corrected chi connectivity index (χ3v) is 4.34. The van der Waals surface area contributed by atoms with Gasteiger partial charge in [0.1, 0.15) is 11.3 Å². The first-order chi connectivity index (χ1) is 13.4. The standard InChI is InChI=1S/C17H10F3N5O2S/c18-17(19,20)27-13-4-2-1-3-10(13)12-5-7-25-14(23-12)11(9-22-25)15(26)24-16-21-6-8-28-16/h1-9H,(H,21,24,26). The minimum atomic E-state index is -4.84. The van der Waals surface area contributed by atoms with Crippen LogP contribution in [0.4, 0.5) is 18.3 Å². The van der Waals surface area contributed by atoms with E-state index in [4.69, 9.17) is 0 Å². The van der Waals surface area contributed by atoms with Crippen LogP contribution in [0.15, 0.2) is 54.3 Å². The molecule has 0 atom stereocenters. The Morgan fingerprint density at radius 2 is 2.04 bits per heavy atom. The van der Waals surface area contributed by atoms with Crippen LogP contribution in [0.3, 0.4) is 0 Å². The minimum Gasteiger partial charge on any atom is -0.405 e. The summed E-state index contributed by atoms with van der Waals surface area (Å²) in [5, 5.41) is 8.79. The Balaban J connectivity index is 1.74. The number of halogens is 3. The third-order valence-electron chi connectivity index (χ3n) is 3.66. The zero-order valence-corrected chi connectivity index (χ0v) is 14.7. The van der Waals surface area contributed by atoms with Crippen LogP contribution in [-0.2, 0) is 0 Å². The van der Waals surface area contributed by atoms with Gasteiger partial charge in [-0.3, -0.25) is 10.1 Å². The van der Waals surface area contributed by atoms with Gasteiger partial charge in [0.2, 0.25) is 0 Å². The summed E-state index contributed by atoms with van der Waals surface area (Å²) >= 11 is 1.25. The van der Waals surface area contributed by atoms with Crippen LogP contribution in [0.1, 0.15) is 10.4 Å². The minimum absolute atomic E-state index is 0.134. The Labute approximate surface area is 159 Å². The highest BCUT2D eigenvalue weighted by Crippen LogP contribution is 2.33. The molecule has 7 nitrogen and oxygen atoms in total. The Morgan fingerprint density at radius 3 is 2.79 bits per heavy atom. The predicted octanol–water partition coefficient (Wildman–Crippen LogP) is 4.00. The van der Waals surface area contributed by atoms with Crippen molar-refractivity contribution in [2.45, 2.75) is 6.36 Å². The summed E-state index contributed by atoms with van der Waals surface area (Å²) < 4.78 is 43.5. The number of carbonyl (C=O) groups excluding carboxylic acids is 1. The highest BCUT2D eigenvalue weighted by molar-refractivity contribution is 7.13. The lowest BCUT2D eigenvalue weighted by molar-refractivity contribution is -0.274. The summed E-state index contributed by atoms with van der Waals surface area (Å²) in [7, 11) is 0. The number of amides is 1. The van der Waals surface area contributed by atoms with Crippen molar-refractivity contribution >= 4 is 28.0 Å². The monoisotopic (exact) mass is 405 g/mol. The van der Waals surface area contributed by atoms with E-state index >= 15 is 0 Å². The molecule has 4 rings (SSSR count). The predicted molar refractivity (Wildman–Crippen MR) is 95.2 cm³/mol. The van der Waals surface area contributed by atoms with Crippen molar-refractivity contribution in [3.05, 3.63) is 59.9 Å². The van der Waals surface area contributed by atoms with Crippen molar-refractivity contribution in [1.29, 1.82) is 0 Å². The van der Waals surface area contributed by atoms with Gasteiger partial charge in [-0.05, 0) is 18.2 Å². The second-order valence-corrected chi connectivity index (χ2v) is 6.37. The fraction of sp³-hybridized carbons (Fsp3) is 0.0588. The molecule has 3 aromatic heterocycles. The number of para-hydroxylation sites is 1. The molecule has 0 unspecified atom stereocenters. The van der Waals surface area contributed by atoms with E-state index in [9.17, 15) is 18.0 Å². The van der Waals surface area contributed by atoms with Crippen LogP contribution < -0.4 is 10.1 Å². The zero-order chi connectivity index (χ0) is 19.7. The fourth-order valence-electron chi connectivity index (χ4n) is 2.52. The van der Waals surface area contributed by atoms with E-state index in [1.54, 1.807) is 17.6 Å². The van der Waals surface area contributed by atoms with Gasteiger partial charge in [-0.25, -0.2) is 14.5 Å². The van der Waals surface area contributed by atoms with Crippen LogP contribution in [-0.4, -0.2) is 31.9 Å². The number of hydrogen-bond donors (Lipinski definition) is 1. The number of nitrogens with one attached hydrogen (secondary N) is 1. The van der Waals surface area contributed by atoms with Gasteiger partial charge >= 0.3 is 6.36 Å². The molecule has 1 amide bonds. The first-order valence-corrected chi connectivity index (χ1v) is 8.69. The van der Waals surface area contributed by atoms with Gasteiger partial charge in [-0.15, -0.1) is 24.5 Å². The Hall–Kier alpha value is -3.47. The van der Waals surface area contributed by atoms with Gasteiger partial charge in [-0.2, -0.15) is 5.10 Å². The quantitative estimate of drug-likeness (QED) is 0.555. The first-order valence-electron chi connectivity index (χ1n) is 7.81. The second kappa shape index (κ2) is 6.93. The van der Waals surface area contributed by atoms with Crippen molar-refractivity contribution in [3.8, 4) is 17.0 Å². The van der Waals surface area contributed by atoms with Crippen LogP contribution in [0.5, 0.6) is 5.75 Å². The third kappa shape index (κ3) is 3.64. The molecule has 0 aliphatic rings. The molecule has 3 heterocycles. The molecular weight excluding hydrogens is 395 g/mol. The van der Waals surface area contributed by atoms with E-state index in [0.717, 1.165) is 0 Å². The summed E-state index contributed by atoms with van der Waals surface area (Å²) in [5.41, 5.74) is 0.686. The molecule has 0 spiro atoms. The fourth-order valence-corrected chi connectivity index (χ4v) is 3.04. The van der Waals surface area contributed by atoms with E-state index in [-0.39, 0.29) is 28.2 Å². The molecule has 1 N–H and O–H groups in total. The van der Waals surface area contributed by atoms with E-state index < -0.39 is 12.3 Å². The van der Waals surface area contributed by atoms with Crippen molar-refractivity contribution in [2.75, 3.05) is 5.32 Å². The second-order valence-electron chi connectivity index (χ2n) is 5.47. The molecule has 0 saturated carbocycles. The lowest BCUT2D eigenvalue weighted by atomic mass is 10.1. The number of fused-ring (bicyclic) bond motifs is 1. The number of hydrogen-bond acceptors (Lipinski definition) is 6. The number of thiazole rings is 1. The van der Waals surface area contributed by atoms with E-state index in [1.807, 2.05) is 0 Å². The average molecular weight is 405 g/mol. The normalized spacial score (nSPS) is 11.5. The van der Waals surface area contributed by atoms with Gasteiger partial charge in [0.05, 0.1) is 11.9 Å². The number of alkyl halides is 3. The van der Waals surface area contributed by atoms with Crippen molar-refractivity contribution in [1.82, 2.24) is 19.6 Å². The molecule has 0 fully saturated rings. The number of ether oxygens (including phenoxy) is 1. The van der Waals surface area contributed by atoms with E-state index in [1.165, 1.54) is 52.5 Å². The van der Waals surface area contributed by atoms with Gasteiger partial charge in [0, 0.05) is 23.3 Å². The van der Waals surface area contributed by atoms with Crippen molar-refractivity contribution in [2.24, 2.45) is 0 Å². The number of nitrogens with zero attached hydrogens (tertiary/aromatic N) is 4. The highest BCUT2D eigenvalue weighted by Gasteiger charge is 2.32. The largest absolute Gasteiger partial charge is 0.573 e. The highest BCUT2D eigenvalue weighted by atomic mass is 32.1. The average Bonchev–Trinajstić information content (AvgIpc) is 3.29. The number of benzene rings is 1. The number of anilines is 1. The maximum atomic E-state index is 12.7. The topological polar surface area (TPSA) is 81.4 Å². The van der Waals surface area contributed by atoms with Crippen molar-refractivity contribution < 1.29 is 22.7 Å². The van der Waals surface area contributed by atoms with Crippen LogP contribution in [0.25, 0.3) is 16.9 Å². The van der Waals surface area contributed by atoms with Crippen LogP contribution >= 0.6 is 11.3 Å². The maximum Gasteiger partial charge on any atom is 0.573 e. The van der Waals surface area contributed by atoms with Crippen LogP contribution in [0, 0.1) is 0 Å². The summed E-state index contributed by atoms with van der Waals surface area (Å²) in [6.45, 7) is 0. The molecule has 0 bridgehead atoms. The molecule has 1 aromatic carbocycles. The van der Waals surface area contributed by atoms with Crippen molar-refractivity contribution in [3.63, 3.8) is 0 Å². The molecule has 28 heavy (non-hydrogen) atoms. The molecular formula is C17H10F3N5O2S. The summed E-state index contributed by atoms with van der Waals surface area (Å²) in [6.07, 6.45) is -0.463. The summed E-state index contributed by atoms with van der Waals surface area (Å²) in [4.78, 5) is 20.8. The molecule has 0 radical (unpaired) electrons. The molecule has 0 saturated heterocycles. The summed E-state index contributed by atoms with van der Waals surface area (Å²) in [6, 6.07) is 7.12. The number of rotatable bonds is 4.